The molecule has 0 aliphatic carbocycles. The first-order chi connectivity index (χ1) is 9.15. The van der Waals surface area contributed by atoms with Crippen LogP contribution in [0.25, 0.3) is 0 Å². The summed E-state index contributed by atoms with van der Waals surface area (Å²) >= 11 is 5.84. The molecule has 2 aromatic rings. The molecule has 0 heterocycles. The number of nitrogens with zero attached hydrogens (tertiary/aromatic N) is 1. The molecule has 0 fully saturated rings. The molecule has 4 nitrogen and oxygen atoms in total. The molecule has 2 aromatic carbocycles. The summed E-state index contributed by atoms with van der Waals surface area (Å²) in [5.74, 6) is -0.224. The van der Waals surface area contributed by atoms with E-state index in [2.05, 4.69) is 6.07 Å². The van der Waals surface area contributed by atoms with Gasteiger partial charge in [0, 0.05) is 6.07 Å². The van der Waals surface area contributed by atoms with E-state index in [0.717, 1.165) is 0 Å². The van der Waals surface area contributed by atoms with Gasteiger partial charge in [-0.1, -0.05) is 35.9 Å². The molecular formula is C14H11ClNO3. The third kappa shape index (κ3) is 2.63. The van der Waals surface area contributed by atoms with Crippen molar-refractivity contribution in [2.24, 2.45) is 0 Å². The number of carbonyl (C=O) groups is 1. The van der Waals surface area contributed by atoms with E-state index < -0.39 is 6.09 Å². The van der Waals surface area contributed by atoms with Crippen LogP contribution in [0.2, 0.25) is 5.02 Å². The molecule has 0 unspecified atom stereocenters. The van der Waals surface area contributed by atoms with Gasteiger partial charge in [0.1, 0.15) is 5.69 Å². The summed E-state index contributed by atoms with van der Waals surface area (Å²) in [5, 5.41) is 10.1. The molecule has 19 heavy (non-hydrogen) atoms. The van der Waals surface area contributed by atoms with Gasteiger partial charge in [-0.05, 0) is 18.2 Å². The first-order valence-electron chi connectivity index (χ1n) is 5.47. The Kier molecular flexibility index (Phi) is 3.92. The summed E-state index contributed by atoms with van der Waals surface area (Å²) in [6.45, 7) is 0. The number of carbonyl (C=O) groups excluding carboxylic acids is 1. The van der Waals surface area contributed by atoms with Crippen molar-refractivity contribution in [2.75, 3.05) is 12.0 Å². The number of hydrogen-bond donors (Lipinski definition) is 1. The highest BCUT2D eigenvalue weighted by atomic mass is 35.5. The molecule has 5 heteroatoms. The Morgan fingerprint density at radius 2 is 2.00 bits per heavy atom. The van der Waals surface area contributed by atoms with Gasteiger partial charge in [-0.15, -0.1) is 0 Å². The van der Waals surface area contributed by atoms with E-state index >= 15 is 0 Å². The molecule has 0 aromatic heterocycles. The Morgan fingerprint density at radius 3 is 2.63 bits per heavy atom. The Labute approximate surface area is 115 Å². The fraction of sp³-hybridized carbons (Fsp3) is 0.0714. The first kappa shape index (κ1) is 13.2. The van der Waals surface area contributed by atoms with Gasteiger partial charge in [0.2, 0.25) is 0 Å². The number of halogens is 1. The summed E-state index contributed by atoms with van der Waals surface area (Å²) in [4.78, 5) is 13.1. The Balaban J connectivity index is 2.56. The summed E-state index contributed by atoms with van der Waals surface area (Å²) in [6, 6.07) is 14.6. The number of methoxy groups -OCH3 is 1. The second-order valence-corrected chi connectivity index (χ2v) is 4.07. The van der Waals surface area contributed by atoms with Crippen LogP contribution in [0.4, 0.5) is 16.2 Å². The molecule has 1 amide bonds. The van der Waals surface area contributed by atoms with E-state index in [1.165, 1.54) is 24.1 Å². The standard InChI is InChI=1S/C14H11ClNO3/c1-19-14(18)16(10-6-3-2-4-7-10)12-9-5-8-11(15)13(12)17/h2-8,17H,1H3. The summed E-state index contributed by atoms with van der Waals surface area (Å²) in [7, 11) is 1.26. The molecule has 2 rings (SSSR count). The molecule has 0 aliphatic heterocycles. The minimum absolute atomic E-state index is 0.138. The van der Waals surface area contributed by atoms with E-state index in [4.69, 9.17) is 16.3 Å². The highest BCUT2D eigenvalue weighted by Crippen LogP contribution is 2.37. The lowest BCUT2D eigenvalue weighted by Crippen LogP contribution is -2.25. The zero-order chi connectivity index (χ0) is 13.8. The molecule has 0 spiro atoms. The quantitative estimate of drug-likeness (QED) is 0.909. The van der Waals surface area contributed by atoms with E-state index in [0.29, 0.717) is 5.69 Å². The molecule has 1 radical (unpaired) electrons. The second-order valence-electron chi connectivity index (χ2n) is 3.66. The largest absolute Gasteiger partial charge is 0.504 e. The van der Waals surface area contributed by atoms with Gasteiger partial charge in [0.05, 0.1) is 17.8 Å². The average Bonchev–Trinajstić information content (AvgIpc) is 2.44. The van der Waals surface area contributed by atoms with Crippen LogP contribution in [-0.2, 0) is 4.74 Å². The third-order valence-corrected chi connectivity index (χ3v) is 2.80. The molecule has 0 saturated heterocycles. The molecule has 0 bridgehead atoms. The Morgan fingerprint density at radius 1 is 1.32 bits per heavy atom. The second kappa shape index (κ2) is 5.63. The fourth-order valence-corrected chi connectivity index (χ4v) is 1.77. The zero-order valence-corrected chi connectivity index (χ0v) is 10.9. The van der Waals surface area contributed by atoms with Crippen LogP contribution in [0.5, 0.6) is 5.75 Å². The van der Waals surface area contributed by atoms with Gasteiger partial charge >= 0.3 is 6.09 Å². The van der Waals surface area contributed by atoms with Crippen LogP contribution in [0, 0.1) is 6.07 Å². The highest BCUT2D eigenvalue weighted by Gasteiger charge is 2.22. The molecule has 1 N–H and O–H groups in total. The van der Waals surface area contributed by atoms with Crippen molar-refractivity contribution >= 4 is 29.1 Å². The number of phenols is 1. The molecule has 97 valence electrons. The molecule has 0 atom stereocenters. The van der Waals surface area contributed by atoms with E-state index in [1.54, 1.807) is 24.3 Å². The summed E-state index contributed by atoms with van der Waals surface area (Å²) < 4.78 is 4.73. The predicted octanol–water partition coefficient (Wildman–Crippen LogP) is 3.75. The molecule has 0 aliphatic rings. The lowest BCUT2D eigenvalue weighted by molar-refractivity contribution is 0.181. The maximum absolute atomic E-state index is 11.9. The maximum atomic E-state index is 11.9. The van der Waals surface area contributed by atoms with Crippen molar-refractivity contribution in [1.82, 2.24) is 0 Å². The number of benzene rings is 2. The average molecular weight is 277 g/mol. The van der Waals surface area contributed by atoms with Crippen LogP contribution < -0.4 is 4.90 Å². The van der Waals surface area contributed by atoms with Crippen molar-refractivity contribution in [2.45, 2.75) is 0 Å². The summed E-state index contributed by atoms with van der Waals surface area (Å²) in [5.41, 5.74) is 0.689. The monoisotopic (exact) mass is 276 g/mol. The van der Waals surface area contributed by atoms with Crippen LogP contribution in [0.15, 0.2) is 42.5 Å². The molecular weight excluding hydrogens is 266 g/mol. The predicted molar refractivity (Wildman–Crippen MR) is 72.9 cm³/mol. The SMILES string of the molecule is COC(=O)N(c1ccccc1)c1[c]ccc(Cl)c1O. The number of anilines is 2. The number of para-hydroxylation sites is 1. The van der Waals surface area contributed by atoms with Crippen LogP contribution in [-0.4, -0.2) is 18.3 Å². The van der Waals surface area contributed by atoms with Gasteiger partial charge < -0.3 is 9.84 Å². The normalized spacial score (nSPS) is 10.0. The van der Waals surface area contributed by atoms with Crippen molar-refractivity contribution in [3.63, 3.8) is 0 Å². The number of ether oxygens (including phenoxy) is 1. The van der Waals surface area contributed by atoms with Crippen LogP contribution in [0.1, 0.15) is 0 Å². The number of hydrogen-bond acceptors (Lipinski definition) is 3. The number of rotatable bonds is 2. The van der Waals surface area contributed by atoms with Crippen molar-refractivity contribution in [3.05, 3.63) is 53.6 Å². The maximum Gasteiger partial charge on any atom is 0.418 e. The summed E-state index contributed by atoms with van der Waals surface area (Å²) in [6.07, 6.45) is -0.639. The first-order valence-corrected chi connectivity index (χ1v) is 5.85. The minimum Gasteiger partial charge on any atom is -0.504 e. The number of amides is 1. The highest BCUT2D eigenvalue weighted by molar-refractivity contribution is 6.32. The van der Waals surface area contributed by atoms with E-state index in [-0.39, 0.29) is 16.5 Å². The lowest BCUT2D eigenvalue weighted by Gasteiger charge is -2.22. The molecule has 0 saturated carbocycles. The minimum atomic E-state index is -0.639. The van der Waals surface area contributed by atoms with Gasteiger partial charge in [-0.25, -0.2) is 9.69 Å². The lowest BCUT2D eigenvalue weighted by atomic mass is 10.2. The van der Waals surface area contributed by atoms with E-state index in [9.17, 15) is 9.90 Å². The van der Waals surface area contributed by atoms with E-state index in [1.807, 2.05) is 6.07 Å². The van der Waals surface area contributed by atoms with Crippen LogP contribution in [0.3, 0.4) is 0 Å². The fourth-order valence-electron chi connectivity index (χ4n) is 1.62. The Hall–Kier alpha value is -2.20. The topological polar surface area (TPSA) is 49.8 Å². The van der Waals surface area contributed by atoms with Crippen molar-refractivity contribution in [1.29, 1.82) is 0 Å². The number of aromatic hydroxyl groups is 1. The smallest absolute Gasteiger partial charge is 0.418 e. The third-order valence-electron chi connectivity index (χ3n) is 2.50. The van der Waals surface area contributed by atoms with Gasteiger partial charge in [0.15, 0.2) is 5.75 Å². The van der Waals surface area contributed by atoms with Crippen LogP contribution >= 0.6 is 11.6 Å². The Bertz CT molecular complexity index is 586. The van der Waals surface area contributed by atoms with Gasteiger partial charge in [-0.3, -0.25) is 0 Å². The zero-order valence-electron chi connectivity index (χ0n) is 10.1. The van der Waals surface area contributed by atoms with Gasteiger partial charge in [-0.2, -0.15) is 0 Å². The van der Waals surface area contributed by atoms with Crippen molar-refractivity contribution < 1.29 is 14.6 Å². The van der Waals surface area contributed by atoms with Crippen molar-refractivity contribution in [3.8, 4) is 5.75 Å². The number of phenolic OH excluding ortho intramolecular Hbond substituents is 1. The van der Waals surface area contributed by atoms with Gasteiger partial charge in [0.25, 0.3) is 0 Å².